The quantitative estimate of drug-likeness (QED) is 0.196. The number of phosphoric ester groups is 1. The van der Waals surface area contributed by atoms with E-state index in [1.807, 2.05) is 0 Å². The molecule has 0 unspecified atom stereocenters. The van der Waals surface area contributed by atoms with Crippen LogP contribution in [0.4, 0.5) is 4.79 Å². The summed E-state index contributed by atoms with van der Waals surface area (Å²) >= 11 is 3.67. The first-order valence-corrected chi connectivity index (χ1v) is 5.63. The lowest BCUT2D eigenvalue weighted by Crippen LogP contribution is -2.32. The van der Waals surface area contributed by atoms with Gasteiger partial charge in [0.1, 0.15) is 5.70 Å². The predicted octanol–water partition coefficient (Wildman–Crippen LogP) is -0.746. The Labute approximate surface area is 95.4 Å². The van der Waals surface area contributed by atoms with Crippen LogP contribution in [-0.4, -0.2) is 28.9 Å². The van der Waals surface area contributed by atoms with Gasteiger partial charge in [-0.15, -0.1) is 12.6 Å². The molecule has 16 heavy (non-hydrogen) atoms. The van der Waals surface area contributed by atoms with E-state index in [2.05, 4.69) is 27.3 Å². The number of rotatable bonds is 3. The van der Waals surface area contributed by atoms with Crippen molar-refractivity contribution in [3.63, 3.8) is 0 Å². The standard InChI is InChI=1S/C5H9N2O7PS/c1-6-3(2-16)4(8)7-13-5(9)14-15(10,11)12/h2,6,16H,1H3,(H,7,8)(H2,10,11,12)/b3-2-. The molecule has 0 bridgehead atoms. The largest absolute Gasteiger partial charge is 0.541 e. The normalized spacial score (nSPS) is 11.6. The van der Waals surface area contributed by atoms with E-state index in [-0.39, 0.29) is 5.70 Å². The highest BCUT2D eigenvalue weighted by atomic mass is 32.1. The molecule has 9 nitrogen and oxygen atoms in total. The summed E-state index contributed by atoms with van der Waals surface area (Å²) in [5, 5.41) is 3.50. The van der Waals surface area contributed by atoms with Crippen LogP contribution < -0.4 is 10.8 Å². The molecular formula is C5H9N2O7PS. The summed E-state index contributed by atoms with van der Waals surface area (Å²) in [5.41, 5.74) is 1.54. The minimum Gasteiger partial charge on any atom is -0.383 e. The monoisotopic (exact) mass is 272 g/mol. The molecule has 0 fully saturated rings. The van der Waals surface area contributed by atoms with E-state index in [9.17, 15) is 14.2 Å². The van der Waals surface area contributed by atoms with Crippen LogP contribution in [-0.2, 0) is 18.7 Å². The molecule has 0 rings (SSSR count). The summed E-state index contributed by atoms with van der Waals surface area (Å²) in [6.45, 7) is 0. The van der Waals surface area contributed by atoms with Crippen molar-refractivity contribution in [3.8, 4) is 0 Å². The lowest BCUT2D eigenvalue weighted by Gasteiger charge is -2.08. The van der Waals surface area contributed by atoms with Gasteiger partial charge in [0.05, 0.1) is 0 Å². The molecule has 0 aliphatic heterocycles. The van der Waals surface area contributed by atoms with Crippen molar-refractivity contribution in [1.29, 1.82) is 0 Å². The van der Waals surface area contributed by atoms with Crippen LogP contribution >= 0.6 is 20.5 Å². The Kier molecular flexibility index (Phi) is 5.89. The lowest BCUT2D eigenvalue weighted by molar-refractivity contribution is -0.127. The molecule has 0 heterocycles. The third-order valence-corrected chi connectivity index (χ3v) is 1.71. The molecule has 0 spiro atoms. The van der Waals surface area contributed by atoms with E-state index >= 15 is 0 Å². The summed E-state index contributed by atoms with van der Waals surface area (Å²) in [7, 11) is -3.58. The second-order valence-electron chi connectivity index (χ2n) is 2.16. The van der Waals surface area contributed by atoms with Gasteiger partial charge in [0, 0.05) is 7.05 Å². The third kappa shape index (κ3) is 6.30. The molecule has 0 aliphatic rings. The number of amides is 1. The lowest BCUT2D eigenvalue weighted by atomic mass is 10.5. The minimum absolute atomic E-state index is 0.0349. The number of nitrogens with one attached hydrogen (secondary N) is 2. The molecule has 0 saturated carbocycles. The van der Waals surface area contributed by atoms with Crippen LogP contribution in [0.3, 0.4) is 0 Å². The van der Waals surface area contributed by atoms with Crippen molar-refractivity contribution in [2.75, 3.05) is 7.05 Å². The number of hydroxylamine groups is 1. The second kappa shape index (κ2) is 6.38. The molecule has 0 saturated heterocycles. The Hall–Kier alpha value is -1.22. The third-order valence-electron chi connectivity index (χ3n) is 1.06. The zero-order valence-corrected chi connectivity index (χ0v) is 9.70. The van der Waals surface area contributed by atoms with E-state index in [4.69, 9.17) is 9.79 Å². The molecule has 0 aromatic carbocycles. The Morgan fingerprint density at radius 2 is 2.00 bits per heavy atom. The average molecular weight is 272 g/mol. The topological polar surface area (TPSA) is 134 Å². The maximum atomic E-state index is 11.1. The number of likely N-dealkylation sites (N-methyl/N-ethyl adjacent to an activating group) is 1. The summed E-state index contributed by atoms with van der Waals surface area (Å²) < 4.78 is 13.6. The van der Waals surface area contributed by atoms with Gasteiger partial charge in [0.2, 0.25) is 0 Å². The molecule has 0 aromatic heterocycles. The average Bonchev–Trinajstić information content (AvgIpc) is 2.14. The minimum atomic E-state index is -4.99. The maximum Gasteiger partial charge on any atom is 0.541 e. The molecule has 11 heteroatoms. The Morgan fingerprint density at radius 1 is 1.44 bits per heavy atom. The highest BCUT2D eigenvalue weighted by Crippen LogP contribution is 2.35. The van der Waals surface area contributed by atoms with Crippen molar-refractivity contribution in [2.24, 2.45) is 0 Å². The summed E-state index contributed by atoms with van der Waals surface area (Å²) in [4.78, 5) is 41.9. The summed E-state index contributed by atoms with van der Waals surface area (Å²) in [6.07, 6.45) is -1.74. The van der Waals surface area contributed by atoms with E-state index in [1.54, 1.807) is 5.48 Å². The van der Waals surface area contributed by atoms with Crippen LogP contribution in [0.2, 0.25) is 0 Å². The Balaban J connectivity index is 4.12. The van der Waals surface area contributed by atoms with Gasteiger partial charge < -0.3 is 14.7 Å². The second-order valence-corrected chi connectivity index (χ2v) is 3.58. The zero-order valence-electron chi connectivity index (χ0n) is 7.91. The van der Waals surface area contributed by atoms with Crippen molar-refractivity contribution in [3.05, 3.63) is 11.1 Å². The van der Waals surface area contributed by atoms with Gasteiger partial charge in [-0.1, -0.05) is 0 Å². The fraction of sp³-hybridized carbons (Fsp3) is 0.200. The SMILES string of the molecule is CN/C(=C\S)C(=O)NOC(=O)OP(=O)(O)O. The van der Waals surface area contributed by atoms with E-state index in [1.165, 1.54) is 7.05 Å². The maximum absolute atomic E-state index is 11.1. The number of thiol groups is 1. The molecule has 1 amide bonds. The zero-order chi connectivity index (χ0) is 12.8. The van der Waals surface area contributed by atoms with Crippen LogP contribution in [0, 0.1) is 0 Å². The van der Waals surface area contributed by atoms with Crippen LogP contribution in [0.15, 0.2) is 11.1 Å². The van der Waals surface area contributed by atoms with Gasteiger partial charge >= 0.3 is 19.9 Å². The highest BCUT2D eigenvalue weighted by molar-refractivity contribution is 7.83. The molecule has 0 aliphatic carbocycles. The molecule has 0 radical (unpaired) electrons. The predicted molar refractivity (Wildman–Crippen MR) is 53.9 cm³/mol. The van der Waals surface area contributed by atoms with Crippen LogP contribution in [0.1, 0.15) is 0 Å². The van der Waals surface area contributed by atoms with Crippen molar-refractivity contribution >= 4 is 32.5 Å². The highest BCUT2D eigenvalue weighted by Gasteiger charge is 2.22. The fourth-order valence-electron chi connectivity index (χ4n) is 0.495. The first-order valence-electron chi connectivity index (χ1n) is 3.58. The van der Waals surface area contributed by atoms with Gasteiger partial charge in [0.25, 0.3) is 0 Å². The van der Waals surface area contributed by atoms with E-state index in [0.29, 0.717) is 0 Å². The van der Waals surface area contributed by atoms with Gasteiger partial charge in [-0.05, 0) is 5.41 Å². The van der Waals surface area contributed by atoms with Crippen LogP contribution in [0.5, 0.6) is 0 Å². The van der Waals surface area contributed by atoms with Crippen molar-refractivity contribution in [1.82, 2.24) is 10.8 Å². The van der Waals surface area contributed by atoms with Crippen molar-refractivity contribution < 1.29 is 33.3 Å². The van der Waals surface area contributed by atoms with E-state index in [0.717, 1.165) is 5.41 Å². The fourth-order valence-corrected chi connectivity index (χ4v) is 0.973. The molecule has 0 aromatic rings. The Morgan fingerprint density at radius 3 is 2.38 bits per heavy atom. The first-order chi connectivity index (χ1) is 7.30. The van der Waals surface area contributed by atoms with Gasteiger partial charge in [-0.25, -0.2) is 9.36 Å². The molecule has 0 atom stereocenters. The molecular weight excluding hydrogens is 263 g/mol. The van der Waals surface area contributed by atoms with Gasteiger partial charge in [0.15, 0.2) is 0 Å². The summed E-state index contributed by atoms with van der Waals surface area (Å²) in [6, 6.07) is 0. The number of phosphoric acid groups is 1. The smallest absolute Gasteiger partial charge is 0.383 e. The Bertz CT molecular complexity index is 351. The number of carbonyl (C=O) groups excluding carboxylic acids is 2. The van der Waals surface area contributed by atoms with Crippen molar-refractivity contribution in [2.45, 2.75) is 0 Å². The first kappa shape index (κ1) is 14.8. The van der Waals surface area contributed by atoms with Gasteiger partial charge in [-0.3, -0.25) is 14.6 Å². The summed E-state index contributed by atoms with van der Waals surface area (Å²) in [5.74, 6) is -0.875. The molecule has 4 N–H and O–H groups in total. The van der Waals surface area contributed by atoms with Gasteiger partial charge in [-0.2, -0.15) is 5.48 Å². The van der Waals surface area contributed by atoms with Crippen LogP contribution in [0.25, 0.3) is 0 Å². The number of hydrogen-bond donors (Lipinski definition) is 5. The number of hydrogen-bond acceptors (Lipinski definition) is 7. The van der Waals surface area contributed by atoms with E-state index < -0.39 is 19.9 Å². The number of carbonyl (C=O) groups is 2. The molecule has 92 valence electrons.